The molecule has 0 N–H and O–H groups in total. The summed E-state index contributed by atoms with van der Waals surface area (Å²) >= 11 is 0. The van der Waals surface area contributed by atoms with Crippen LogP contribution < -0.4 is 0 Å². The number of likely N-dealkylation sites (tertiary alicyclic amines) is 1. The molecule has 2 heteroatoms. The van der Waals surface area contributed by atoms with Crippen LogP contribution in [0.2, 0.25) is 0 Å². The zero-order valence-electron chi connectivity index (χ0n) is 10.3. The fourth-order valence-electron chi connectivity index (χ4n) is 3.32. The first-order valence-corrected chi connectivity index (χ1v) is 6.31. The topological polar surface area (TPSA) is 20.3 Å². The Bertz CT molecular complexity index is 251. The monoisotopic (exact) mass is 209 g/mol. The van der Waals surface area contributed by atoms with Crippen LogP contribution in [0.4, 0.5) is 0 Å². The molecule has 0 atom stereocenters. The third-order valence-corrected chi connectivity index (χ3v) is 4.66. The van der Waals surface area contributed by atoms with Crippen molar-refractivity contribution in [1.29, 1.82) is 0 Å². The summed E-state index contributed by atoms with van der Waals surface area (Å²) in [7, 11) is 1.95. The lowest BCUT2D eigenvalue weighted by Crippen LogP contribution is -2.36. The predicted molar refractivity (Wildman–Crippen MR) is 61.5 cm³/mol. The van der Waals surface area contributed by atoms with E-state index in [1.54, 1.807) is 0 Å². The molecule has 0 unspecified atom stereocenters. The van der Waals surface area contributed by atoms with Crippen LogP contribution >= 0.6 is 0 Å². The van der Waals surface area contributed by atoms with Crippen LogP contribution in [-0.2, 0) is 4.79 Å². The van der Waals surface area contributed by atoms with Gasteiger partial charge >= 0.3 is 0 Å². The van der Waals surface area contributed by atoms with Gasteiger partial charge in [0.15, 0.2) is 0 Å². The average molecular weight is 209 g/mol. The highest BCUT2D eigenvalue weighted by Gasteiger charge is 2.47. The van der Waals surface area contributed by atoms with E-state index in [4.69, 9.17) is 0 Å². The quantitative estimate of drug-likeness (QED) is 0.650. The summed E-state index contributed by atoms with van der Waals surface area (Å²) in [6.07, 6.45) is 5.90. The number of hydrogen-bond donors (Lipinski definition) is 0. The predicted octanol–water partition coefficient (Wildman–Crippen LogP) is 2.68. The van der Waals surface area contributed by atoms with E-state index < -0.39 is 0 Å². The van der Waals surface area contributed by atoms with Crippen molar-refractivity contribution in [3.05, 3.63) is 0 Å². The molecule has 0 bridgehead atoms. The molecular weight excluding hydrogens is 186 g/mol. The van der Waals surface area contributed by atoms with Gasteiger partial charge in [0.2, 0.25) is 5.91 Å². The van der Waals surface area contributed by atoms with E-state index >= 15 is 0 Å². The first-order chi connectivity index (χ1) is 7.05. The van der Waals surface area contributed by atoms with Gasteiger partial charge in [-0.15, -0.1) is 0 Å². The van der Waals surface area contributed by atoms with E-state index in [1.807, 2.05) is 11.9 Å². The lowest BCUT2D eigenvalue weighted by molar-refractivity contribution is -0.137. The number of carbonyl (C=O) groups excluding carboxylic acids is 1. The Morgan fingerprint density at radius 3 is 2.27 bits per heavy atom. The number of carbonyl (C=O) groups is 1. The SMILES string of the molecule is CC(C)C1CCC2(CC1)CCN(C)C2=O. The molecule has 2 aliphatic rings. The molecular formula is C13H23NO. The van der Waals surface area contributed by atoms with Crippen LogP contribution in [0.1, 0.15) is 46.0 Å². The second-order valence-corrected chi connectivity index (χ2v) is 5.84. The van der Waals surface area contributed by atoms with E-state index in [-0.39, 0.29) is 5.41 Å². The van der Waals surface area contributed by atoms with E-state index in [2.05, 4.69) is 13.8 Å². The molecule has 0 radical (unpaired) electrons. The second kappa shape index (κ2) is 3.80. The summed E-state index contributed by atoms with van der Waals surface area (Å²) < 4.78 is 0. The van der Waals surface area contributed by atoms with Gasteiger partial charge in [-0.25, -0.2) is 0 Å². The van der Waals surface area contributed by atoms with Crippen molar-refractivity contribution in [2.45, 2.75) is 46.0 Å². The Morgan fingerprint density at radius 1 is 1.27 bits per heavy atom. The van der Waals surface area contributed by atoms with Crippen LogP contribution in [0.15, 0.2) is 0 Å². The standard InChI is InChI=1S/C13H23NO/c1-10(2)11-4-6-13(7-5-11)8-9-14(3)12(13)15/h10-11H,4-9H2,1-3H3. The zero-order valence-corrected chi connectivity index (χ0v) is 10.3. The van der Waals surface area contributed by atoms with Crippen LogP contribution in [0.3, 0.4) is 0 Å². The van der Waals surface area contributed by atoms with Crippen molar-refractivity contribution in [2.75, 3.05) is 13.6 Å². The van der Waals surface area contributed by atoms with Crippen molar-refractivity contribution in [2.24, 2.45) is 17.3 Å². The Labute approximate surface area is 93.0 Å². The molecule has 1 aliphatic carbocycles. The smallest absolute Gasteiger partial charge is 0.228 e. The van der Waals surface area contributed by atoms with Crippen LogP contribution in [0, 0.1) is 17.3 Å². The van der Waals surface area contributed by atoms with Crippen molar-refractivity contribution in [1.82, 2.24) is 4.90 Å². The first kappa shape index (κ1) is 11.0. The summed E-state index contributed by atoms with van der Waals surface area (Å²) in [4.78, 5) is 14.0. The number of rotatable bonds is 1. The van der Waals surface area contributed by atoms with Crippen LogP contribution in [0.5, 0.6) is 0 Å². The Hall–Kier alpha value is -0.530. The Balaban J connectivity index is 2.01. The van der Waals surface area contributed by atoms with Gasteiger partial charge in [0.25, 0.3) is 0 Å². The van der Waals surface area contributed by atoms with Gasteiger partial charge in [-0.1, -0.05) is 13.8 Å². The average Bonchev–Trinajstić information content (AvgIpc) is 2.48. The third kappa shape index (κ3) is 1.79. The highest BCUT2D eigenvalue weighted by molar-refractivity contribution is 5.84. The van der Waals surface area contributed by atoms with Gasteiger partial charge in [0, 0.05) is 13.6 Å². The maximum atomic E-state index is 12.1. The second-order valence-electron chi connectivity index (χ2n) is 5.84. The van der Waals surface area contributed by atoms with Gasteiger partial charge in [-0.05, 0) is 43.9 Å². The summed E-state index contributed by atoms with van der Waals surface area (Å²) in [5.74, 6) is 2.07. The molecule has 1 saturated carbocycles. The molecule has 2 fully saturated rings. The minimum Gasteiger partial charge on any atom is -0.345 e. The van der Waals surface area contributed by atoms with Gasteiger partial charge in [-0.2, -0.15) is 0 Å². The van der Waals surface area contributed by atoms with E-state index in [9.17, 15) is 4.79 Å². The lowest BCUT2D eigenvalue weighted by Gasteiger charge is -2.37. The molecule has 1 saturated heterocycles. The first-order valence-electron chi connectivity index (χ1n) is 6.31. The van der Waals surface area contributed by atoms with Crippen LogP contribution in [-0.4, -0.2) is 24.4 Å². The largest absolute Gasteiger partial charge is 0.345 e. The van der Waals surface area contributed by atoms with Gasteiger partial charge in [-0.3, -0.25) is 4.79 Å². The lowest BCUT2D eigenvalue weighted by atomic mass is 9.67. The molecule has 1 amide bonds. The Morgan fingerprint density at radius 2 is 1.87 bits per heavy atom. The van der Waals surface area contributed by atoms with Gasteiger partial charge in [0.1, 0.15) is 0 Å². The molecule has 0 aromatic heterocycles. The molecule has 1 aliphatic heterocycles. The van der Waals surface area contributed by atoms with E-state index in [0.29, 0.717) is 5.91 Å². The molecule has 0 aromatic rings. The molecule has 86 valence electrons. The van der Waals surface area contributed by atoms with Crippen LogP contribution in [0.25, 0.3) is 0 Å². The van der Waals surface area contributed by atoms with E-state index in [1.165, 1.54) is 12.8 Å². The summed E-state index contributed by atoms with van der Waals surface area (Å²) in [6.45, 7) is 5.60. The number of nitrogens with zero attached hydrogens (tertiary/aromatic N) is 1. The summed E-state index contributed by atoms with van der Waals surface area (Å²) in [6, 6.07) is 0. The molecule has 1 heterocycles. The van der Waals surface area contributed by atoms with Gasteiger partial charge in [0.05, 0.1) is 5.41 Å². The molecule has 2 rings (SSSR count). The fraction of sp³-hybridized carbons (Fsp3) is 0.923. The van der Waals surface area contributed by atoms with Crippen molar-refractivity contribution >= 4 is 5.91 Å². The maximum absolute atomic E-state index is 12.1. The Kier molecular flexibility index (Phi) is 2.78. The number of amides is 1. The van der Waals surface area contributed by atoms with Crippen molar-refractivity contribution < 1.29 is 4.79 Å². The summed E-state index contributed by atoms with van der Waals surface area (Å²) in [5, 5.41) is 0. The van der Waals surface area contributed by atoms with E-state index in [0.717, 1.165) is 37.6 Å². The van der Waals surface area contributed by atoms with Crippen molar-refractivity contribution in [3.8, 4) is 0 Å². The normalized spacial score (nSPS) is 36.9. The molecule has 1 spiro atoms. The minimum atomic E-state index is 0.0557. The number of hydrogen-bond acceptors (Lipinski definition) is 1. The maximum Gasteiger partial charge on any atom is 0.228 e. The highest BCUT2D eigenvalue weighted by atomic mass is 16.2. The molecule has 2 nitrogen and oxygen atoms in total. The fourth-order valence-corrected chi connectivity index (χ4v) is 3.32. The van der Waals surface area contributed by atoms with Gasteiger partial charge < -0.3 is 4.90 Å². The highest BCUT2D eigenvalue weighted by Crippen LogP contribution is 2.47. The molecule has 0 aromatic carbocycles. The van der Waals surface area contributed by atoms with Crippen molar-refractivity contribution in [3.63, 3.8) is 0 Å². The minimum absolute atomic E-state index is 0.0557. The molecule has 15 heavy (non-hydrogen) atoms. The zero-order chi connectivity index (χ0) is 11.1. The third-order valence-electron chi connectivity index (χ3n) is 4.66. The summed E-state index contributed by atoms with van der Waals surface area (Å²) in [5.41, 5.74) is 0.0557.